The molecule has 0 bridgehead atoms. The third-order valence-corrected chi connectivity index (χ3v) is 3.72. The van der Waals surface area contributed by atoms with Gasteiger partial charge in [0.15, 0.2) is 5.69 Å². The van der Waals surface area contributed by atoms with Crippen LogP contribution < -0.4 is 10.1 Å². The topological polar surface area (TPSA) is 70.8 Å². The molecule has 1 heterocycles. The minimum atomic E-state index is 0.193. The van der Waals surface area contributed by atoms with Crippen molar-refractivity contribution in [1.29, 1.82) is 5.26 Å². The highest BCUT2D eigenvalue weighted by Gasteiger charge is 2.13. The Kier molecular flexibility index (Phi) is 4.30. The van der Waals surface area contributed by atoms with E-state index in [-0.39, 0.29) is 6.04 Å². The van der Waals surface area contributed by atoms with Gasteiger partial charge in [-0.2, -0.15) is 5.26 Å². The molecular formula is C19H18N4O. The molecule has 0 radical (unpaired) electrons. The van der Waals surface area contributed by atoms with Crippen LogP contribution in [0.4, 0.5) is 5.69 Å². The van der Waals surface area contributed by atoms with Crippen molar-refractivity contribution in [2.24, 2.45) is 0 Å². The Hall–Kier alpha value is -3.13. The van der Waals surface area contributed by atoms with E-state index in [9.17, 15) is 5.26 Å². The summed E-state index contributed by atoms with van der Waals surface area (Å²) in [5.74, 6) is 0.805. The number of nitriles is 1. The lowest BCUT2D eigenvalue weighted by atomic mass is 10.0. The maximum absolute atomic E-state index is 9.28. The predicted octanol–water partition coefficient (Wildman–Crippen LogP) is 4.00. The summed E-state index contributed by atoms with van der Waals surface area (Å²) in [4.78, 5) is 0. The van der Waals surface area contributed by atoms with Gasteiger partial charge in [-0.15, -0.1) is 10.2 Å². The lowest BCUT2D eigenvalue weighted by molar-refractivity contribution is 0.416. The molecule has 0 aliphatic rings. The predicted molar refractivity (Wildman–Crippen MR) is 95.0 cm³/mol. The second kappa shape index (κ2) is 6.55. The van der Waals surface area contributed by atoms with Crippen molar-refractivity contribution in [1.82, 2.24) is 10.2 Å². The number of para-hydroxylation sites is 1. The van der Waals surface area contributed by atoms with Crippen LogP contribution in [0.5, 0.6) is 5.75 Å². The standard InChI is InChI=1S/C19H18N4O/c1-12(2)21-19-15-9-8-13(10-16(15)22-23-17(19)11-20)14-6-4-5-7-18(14)24-3/h4-10,12H,1-3H3,(H,21,22). The quantitative estimate of drug-likeness (QED) is 0.787. The van der Waals surface area contributed by atoms with Crippen molar-refractivity contribution >= 4 is 16.6 Å². The van der Waals surface area contributed by atoms with Crippen LogP contribution in [0.1, 0.15) is 19.5 Å². The molecule has 120 valence electrons. The Morgan fingerprint density at radius 1 is 1.12 bits per heavy atom. The number of fused-ring (bicyclic) bond motifs is 1. The van der Waals surface area contributed by atoms with Crippen LogP contribution in [0.3, 0.4) is 0 Å². The molecule has 0 saturated heterocycles. The van der Waals surface area contributed by atoms with Gasteiger partial charge in [-0.05, 0) is 37.6 Å². The molecule has 0 unspecified atom stereocenters. The molecule has 3 aromatic rings. The highest BCUT2D eigenvalue weighted by Crippen LogP contribution is 2.33. The molecule has 0 aliphatic carbocycles. The number of aromatic nitrogens is 2. The summed E-state index contributed by atoms with van der Waals surface area (Å²) in [6.07, 6.45) is 0. The Morgan fingerprint density at radius 2 is 1.92 bits per heavy atom. The van der Waals surface area contributed by atoms with Gasteiger partial charge >= 0.3 is 0 Å². The Bertz CT molecular complexity index is 928. The smallest absolute Gasteiger partial charge is 0.186 e. The van der Waals surface area contributed by atoms with Crippen molar-refractivity contribution in [3.63, 3.8) is 0 Å². The van der Waals surface area contributed by atoms with Crippen molar-refractivity contribution in [3.05, 3.63) is 48.2 Å². The lowest BCUT2D eigenvalue weighted by Gasteiger charge is -2.14. The van der Waals surface area contributed by atoms with Crippen molar-refractivity contribution in [2.75, 3.05) is 12.4 Å². The van der Waals surface area contributed by atoms with Gasteiger partial charge in [-0.3, -0.25) is 0 Å². The monoisotopic (exact) mass is 318 g/mol. The number of benzene rings is 2. The lowest BCUT2D eigenvalue weighted by Crippen LogP contribution is -2.12. The van der Waals surface area contributed by atoms with Crippen molar-refractivity contribution in [2.45, 2.75) is 19.9 Å². The third-order valence-electron chi connectivity index (χ3n) is 3.72. The van der Waals surface area contributed by atoms with Gasteiger partial charge < -0.3 is 10.1 Å². The van der Waals surface area contributed by atoms with Gasteiger partial charge in [0.05, 0.1) is 18.3 Å². The fourth-order valence-electron chi connectivity index (χ4n) is 2.67. The summed E-state index contributed by atoms with van der Waals surface area (Å²) in [6.45, 7) is 4.05. The molecule has 0 amide bonds. The maximum atomic E-state index is 9.28. The van der Waals surface area contributed by atoms with Crippen LogP contribution in [0.15, 0.2) is 42.5 Å². The minimum Gasteiger partial charge on any atom is -0.496 e. The van der Waals surface area contributed by atoms with Crippen molar-refractivity contribution in [3.8, 4) is 22.9 Å². The van der Waals surface area contributed by atoms with Gasteiger partial charge in [0.2, 0.25) is 0 Å². The van der Waals surface area contributed by atoms with E-state index >= 15 is 0 Å². The highest BCUT2D eigenvalue weighted by molar-refractivity contribution is 5.95. The molecular weight excluding hydrogens is 300 g/mol. The average molecular weight is 318 g/mol. The fourth-order valence-corrected chi connectivity index (χ4v) is 2.67. The number of nitrogens with zero attached hydrogens (tertiary/aromatic N) is 3. The number of rotatable bonds is 4. The number of hydrogen-bond acceptors (Lipinski definition) is 5. The summed E-state index contributed by atoms with van der Waals surface area (Å²) >= 11 is 0. The molecule has 0 spiro atoms. The highest BCUT2D eigenvalue weighted by atomic mass is 16.5. The molecule has 24 heavy (non-hydrogen) atoms. The van der Waals surface area contributed by atoms with Crippen LogP contribution in [0.25, 0.3) is 22.0 Å². The number of anilines is 1. The molecule has 2 aromatic carbocycles. The van der Waals surface area contributed by atoms with Gasteiger partial charge in [0.1, 0.15) is 11.8 Å². The first kappa shape index (κ1) is 15.8. The first-order chi connectivity index (χ1) is 11.6. The van der Waals surface area contributed by atoms with Crippen LogP contribution in [-0.2, 0) is 0 Å². The third kappa shape index (κ3) is 2.86. The van der Waals surface area contributed by atoms with Crippen LogP contribution in [0.2, 0.25) is 0 Å². The van der Waals surface area contributed by atoms with E-state index in [2.05, 4.69) is 21.6 Å². The molecule has 0 saturated carbocycles. The maximum Gasteiger partial charge on any atom is 0.186 e. The summed E-state index contributed by atoms with van der Waals surface area (Å²) in [5, 5.41) is 21.7. The summed E-state index contributed by atoms with van der Waals surface area (Å²) in [6, 6.07) is 16.1. The van der Waals surface area contributed by atoms with E-state index in [1.807, 2.05) is 56.3 Å². The van der Waals surface area contributed by atoms with E-state index in [0.717, 1.165) is 33.5 Å². The zero-order chi connectivity index (χ0) is 17.1. The molecule has 1 aromatic heterocycles. The van der Waals surface area contributed by atoms with Crippen LogP contribution >= 0.6 is 0 Å². The molecule has 0 aliphatic heterocycles. The van der Waals surface area contributed by atoms with E-state index in [1.165, 1.54) is 0 Å². The molecule has 5 nitrogen and oxygen atoms in total. The first-order valence-corrected chi connectivity index (χ1v) is 7.74. The number of methoxy groups -OCH3 is 1. The Balaban J connectivity index is 2.18. The molecule has 0 fully saturated rings. The van der Waals surface area contributed by atoms with E-state index < -0.39 is 0 Å². The first-order valence-electron chi connectivity index (χ1n) is 7.74. The van der Waals surface area contributed by atoms with E-state index in [4.69, 9.17) is 4.74 Å². The van der Waals surface area contributed by atoms with Gasteiger partial charge in [-0.1, -0.05) is 24.3 Å². The summed E-state index contributed by atoms with van der Waals surface area (Å²) < 4.78 is 5.43. The molecule has 1 N–H and O–H groups in total. The SMILES string of the molecule is COc1ccccc1-c1ccc2c(NC(C)C)c(C#N)nnc2c1. The number of ether oxygens (including phenoxy) is 1. The summed E-state index contributed by atoms with van der Waals surface area (Å²) in [7, 11) is 1.66. The van der Waals surface area contributed by atoms with Gasteiger partial charge in [0, 0.05) is 17.0 Å². The largest absolute Gasteiger partial charge is 0.496 e. The minimum absolute atomic E-state index is 0.193. The molecule has 0 atom stereocenters. The average Bonchev–Trinajstić information content (AvgIpc) is 2.61. The molecule has 5 heteroatoms. The van der Waals surface area contributed by atoms with Crippen LogP contribution in [-0.4, -0.2) is 23.3 Å². The Morgan fingerprint density at radius 3 is 2.62 bits per heavy atom. The number of hydrogen-bond donors (Lipinski definition) is 1. The zero-order valence-corrected chi connectivity index (χ0v) is 13.9. The van der Waals surface area contributed by atoms with Gasteiger partial charge in [0.25, 0.3) is 0 Å². The Labute approximate surface area is 140 Å². The van der Waals surface area contributed by atoms with Crippen LogP contribution in [0, 0.1) is 11.3 Å². The van der Waals surface area contributed by atoms with Gasteiger partial charge in [-0.25, -0.2) is 0 Å². The zero-order valence-electron chi connectivity index (χ0n) is 13.9. The second-order valence-electron chi connectivity index (χ2n) is 5.77. The number of nitrogens with one attached hydrogen (secondary N) is 1. The van der Waals surface area contributed by atoms with E-state index in [0.29, 0.717) is 5.69 Å². The summed E-state index contributed by atoms with van der Waals surface area (Å²) in [5.41, 5.74) is 3.76. The molecule has 3 rings (SSSR count). The fraction of sp³-hybridized carbons (Fsp3) is 0.211. The second-order valence-corrected chi connectivity index (χ2v) is 5.77. The van der Waals surface area contributed by atoms with E-state index in [1.54, 1.807) is 7.11 Å². The normalized spacial score (nSPS) is 10.6. The van der Waals surface area contributed by atoms with Crippen molar-refractivity contribution < 1.29 is 4.74 Å².